The van der Waals surface area contributed by atoms with Gasteiger partial charge in [0, 0.05) is 30.3 Å². The van der Waals surface area contributed by atoms with Crippen LogP contribution in [0.1, 0.15) is 131 Å². The van der Waals surface area contributed by atoms with Gasteiger partial charge in [-0.25, -0.2) is 4.39 Å². The van der Waals surface area contributed by atoms with E-state index in [1.807, 2.05) is 0 Å². The Kier molecular flexibility index (Phi) is 10.5. The Morgan fingerprint density at radius 1 is 0.981 bits per heavy atom. The van der Waals surface area contributed by atoms with E-state index in [4.69, 9.17) is 4.74 Å². The van der Waals surface area contributed by atoms with E-state index in [1.54, 1.807) is 0 Å². The third-order valence-electron chi connectivity index (χ3n) is 17.8. The van der Waals surface area contributed by atoms with Crippen molar-refractivity contribution in [3.8, 4) is 0 Å². The highest BCUT2D eigenvalue weighted by Gasteiger charge is 2.70. The monoisotopic (exact) mass is 739 g/mol. The molecule has 0 bridgehead atoms. The van der Waals surface area contributed by atoms with Gasteiger partial charge in [-0.3, -0.25) is 9.00 Å². The first-order chi connectivity index (χ1) is 24.6. The minimum absolute atomic E-state index is 0.0304. The summed E-state index contributed by atoms with van der Waals surface area (Å²) in [6.45, 7) is 23.5. The lowest BCUT2D eigenvalue weighted by atomic mass is 9.33. The second kappa shape index (κ2) is 14.0. The van der Waals surface area contributed by atoms with Gasteiger partial charge in [-0.05, 0) is 166 Å². The van der Waals surface area contributed by atoms with E-state index >= 15 is 0 Å². The highest BCUT2D eigenvalue weighted by Crippen LogP contribution is 2.76. The van der Waals surface area contributed by atoms with Gasteiger partial charge in [-0.2, -0.15) is 0 Å². The molecule has 0 spiro atoms. The lowest BCUT2D eigenvalue weighted by Gasteiger charge is -2.72. The first-order valence-corrected chi connectivity index (χ1v) is 22.0. The minimum Gasteiger partial charge on any atom is -0.772 e. The van der Waals surface area contributed by atoms with Gasteiger partial charge in [-0.15, -0.1) is 0 Å². The van der Waals surface area contributed by atoms with Crippen LogP contribution in [-0.2, 0) is 20.6 Å². The number of carbonyl (C=O) groups excluding carboxylic acids is 1. The maximum Gasteiger partial charge on any atom is 0.293 e. The number of hydrogen-bond donors (Lipinski definition) is 1. The van der Waals surface area contributed by atoms with Crippen molar-refractivity contribution in [1.29, 1.82) is 0 Å². The molecule has 5 fully saturated rings. The number of ether oxygens (including phenoxy) is 1. The first kappa shape index (κ1) is 38.9. The number of hydrogen-bond acceptors (Lipinski definition) is 6. The van der Waals surface area contributed by atoms with Crippen LogP contribution < -0.4 is 5.32 Å². The van der Waals surface area contributed by atoms with Crippen molar-refractivity contribution in [2.24, 2.45) is 51.2 Å². The zero-order valence-corrected chi connectivity index (χ0v) is 34.0. The standard InChI is InChI=1S/C44H69FN2O4S/c1-30(2)33-12-21-44(46-24-27-47-25-15-32(16-26-47)52(49)50)23-22-41(6)35(38(33)44)8-9-37-40(5)17-13-34(39(3,4)36(40)14-18-42(37,41)7)31-10-19-43(28-45,20-11-31)51-29-48/h10,13,29,32-33,35-38,46H,1,8-9,11-12,14-28H2,2-7H3,(H,49,50)/p-1/t33-,35+,36-,37+,38+,40-,41+,42+,43+,44-/m0/s1. The van der Waals surface area contributed by atoms with E-state index in [-0.39, 0.29) is 32.4 Å². The molecule has 1 saturated heterocycles. The van der Waals surface area contributed by atoms with Crippen LogP contribution in [0.15, 0.2) is 35.5 Å². The predicted octanol–water partition coefficient (Wildman–Crippen LogP) is 8.86. The number of piperidine rings is 1. The first-order valence-electron chi connectivity index (χ1n) is 20.9. The molecular formula is C44H68FN2O4S-. The molecule has 1 unspecified atom stereocenters. The molecule has 1 N–H and O–H groups in total. The van der Waals surface area contributed by atoms with Crippen molar-refractivity contribution in [3.05, 3.63) is 35.5 Å². The van der Waals surface area contributed by atoms with Crippen LogP contribution in [0.4, 0.5) is 4.39 Å². The molecule has 1 heterocycles. The van der Waals surface area contributed by atoms with Crippen LogP contribution in [0, 0.1) is 51.2 Å². The Morgan fingerprint density at radius 3 is 2.37 bits per heavy atom. The summed E-state index contributed by atoms with van der Waals surface area (Å²) in [6.07, 6.45) is 19.3. The Morgan fingerprint density at radius 2 is 1.73 bits per heavy atom. The number of fused-ring (bicyclic) bond motifs is 7. The molecule has 8 heteroatoms. The second-order valence-electron chi connectivity index (χ2n) is 20.1. The molecule has 0 amide bonds. The van der Waals surface area contributed by atoms with E-state index in [0.29, 0.717) is 48.9 Å². The lowest BCUT2D eigenvalue weighted by molar-refractivity contribution is -0.221. The summed E-state index contributed by atoms with van der Waals surface area (Å²) in [7, 11) is 0. The number of rotatable bonds is 10. The second-order valence-corrected chi connectivity index (χ2v) is 21.3. The minimum atomic E-state index is -1.95. The fraction of sp³-hybridized carbons (Fsp3) is 0.841. The maximum atomic E-state index is 14.0. The zero-order valence-electron chi connectivity index (χ0n) is 33.2. The van der Waals surface area contributed by atoms with Gasteiger partial charge in [0.15, 0.2) is 0 Å². The fourth-order valence-corrected chi connectivity index (χ4v) is 15.5. The van der Waals surface area contributed by atoms with Gasteiger partial charge in [0.2, 0.25) is 0 Å². The summed E-state index contributed by atoms with van der Waals surface area (Å²) in [5, 5.41) is 4.07. The van der Waals surface area contributed by atoms with Crippen LogP contribution >= 0.6 is 0 Å². The van der Waals surface area contributed by atoms with Crippen LogP contribution in [0.3, 0.4) is 0 Å². The Hall–Kier alpha value is -1.35. The molecule has 4 saturated carbocycles. The number of allylic oxidation sites excluding steroid dienone is 4. The van der Waals surface area contributed by atoms with Crippen LogP contribution in [0.2, 0.25) is 0 Å². The Balaban J connectivity index is 1.11. The van der Waals surface area contributed by atoms with Gasteiger partial charge >= 0.3 is 0 Å². The van der Waals surface area contributed by atoms with Crippen LogP contribution in [0.25, 0.3) is 0 Å². The van der Waals surface area contributed by atoms with E-state index in [9.17, 15) is 17.9 Å². The normalized spacial score (nSPS) is 45.3. The smallest absolute Gasteiger partial charge is 0.293 e. The number of likely N-dealkylation sites (tertiary alicyclic amines) is 1. The van der Waals surface area contributed by atoms with E-state index in [1.165, 1.54) is 68.1 Å². The van der Waals surface area contributed by atoms with Crippen LogP contribution in [0.5, 0.6) is 0 Å². The molecular weight excluding hydrogens is 672 g/mol. The zero-order chi connectivity index (χ0) is 37.3. The van der Waals surface area contributed by atoms with Crippen LogP contribution in [-0.4, -0.2) is 69.4 Å². The highest BCUT2D eigenvalue weighted by molar-refractivity contribution is 7.79. The molecule has 1 aliphatic heterocycles. The third-order valence-corrected chi connectivity index (χ3v) is 18.8. The van der Waals surface area contributed by atoms with E-state index < -0.39 is 23.4 Å². The maximum absolute atomic E-state index is 14.0. The third kappa shape index (κ3) is 6.00. The summed E-state index contributed by atoms with van der Waals surface area (Å²) in [5.41, 5.74) is 4.18. The van der Waals surface area contributed by atoms with Gasteiger partial charge < -0.3 is 19.5 Å². The summed E-state index contributed by atoms with van der Waals surface area (Å²) < 4.78 is 42.3. The molecule has 7 rings (SSSR count). The Labute approximate surface area is 316 Å². The summed E-state index contributed by atoms with van der Waals surface area (Å²) in [6, 6.07) is 0. The van der Waals surface area contributed by atoms with Gasteiger partial charge in [0.1, 0.15) is 12.3 Å². The number of nitrogens with zero attached hydrogens (tertiary/aromatic N) is 1. The molecule has 6 nitrogen and oxygen atoms in total. The predicted molar refractivity (Wildman–Crippen MR) is 207 cm³/mol. The molecule has 0 aromatic rings. The number of nitrogens with one attached hydrogen (secondary N) is 1. The van der Waals surface area contributed by atoms with Gasteiger partial charge in [0.25, 0.3) is 6.47 Å². The summed E-state index contributed by atoms with van der Waals surface area (Å²) in [5.74, 6) is 3.14. The topological polar surface area (TPSA) is 81.7 Å². The molecule has 0 aromatic heterocycles. The van der Waals surface area contributed by atoms with Crippen molar-refractivity contribution in [3.63, 3.8) is 0 Å². The molecule has 11 atom stereocenters. The highest BCUT2D eigenvalue weighted by atomic mass is 32.2. The Bertz CT molecular complexity index is 1490. The molecule has 7 aliphatic rings. The van der Waals surface area contributed by atoms with Crippen molar-refractivity contribution in [2.45, 2.75) is 148 Å². The van der Waals surface area contributed by atoms with Crippen molar-refractivity contribution >= 4 is 17.6 Å². The average Bonchev–Trinajstić information content (AvgIpc) is 3.49. The van der Waals surface area contributed by atoms with E-state index in [0.717, 1.165) is 51.9 Å². The van der Waals surface area contributed by atoms with Gasteiger partial charge in [-0.1, -0.05) is 70.0 Å². The summed E-state index contributed by atoms with van der Waals surface area (Å²) in [4.78, 5) is 13.6. The summed E-state index contributed by atoms with van der Waals surface area (Å²) >= 11 is -1.95. The molecule has 0 aromatic carbocycles. The molecule has 6 aliphatic carbocycles. The van der Waals surface area contributed by atoms with E-state index in [2.05, 4.69) is 70.5 Å². The molecule has 52 heavy (non-hydrogen) atoms. The molecule has 292 valence electrons. The van der Waals surface area contributed by atoms with Crippen molar-refractivity contribution in [1.82, 2.24) is 10.2 Å². The lowest BCUT2D eigenvalue weighted by Crippen LogP contribution is -2.68. The number of carbonyl (C=O) groups is 1. The number of halogens is 1. The quantitative estimate of drug-likeness (QED) is 0.137. The fourth-order valence-electron chi connectivity index (χ4n) is 14.9. The molecule has 0 radical (unpaired) electrons. The van der Waals surface area contributed by atoms with Crippen molar-refractivity contribution < 1.29 is 22.7 Å². The largest absolute Gasteiger partial charge is 0.772 e. The SMILES string of the molecule is C=C(C)[C@@H]1CC[C@]2(NCCN3CCC(S(=O)[O-])CC3)CC[C@]3(C)[C@H](CC[C@@H]4[C@@]5(C)CC=C(C6=CC[C@@](CF)(OC=O)CC6)C(C)(C)[C@@H]5CC[C@]43C)[C@@H]12. The van der Waals surface area contributed by atoms with Gasteiger partial charge in [0.05, 0.1) is 0 Å². The average molecular weight is 740 g/mol. The number of alkyl halides is 1. The van der Waals surface area contributed by atoms with Crippen molar-refractivity contribution in [2.75, 3.05) is 32.9 Å².